The van der Waals surface area contributed by atoms with E-state index in [9.17, 15) is 0 Å². The van der Waals surface area contributed by atoms with Crippen molar-refractivity contribution >= 4 is 53.4 Å². The highest BCUT2D eigenvalue weighted by Gasteiger charge is 2.19. The van der Waals surface area contributed by atoms with E-state index >= 15 is 0 Å². The van der Waals surface area contributed by atoms with Crippen LogP contribution >= 0.6 is 11.3 Å². The van der Waals surface area contributed by atoms with E-state index in [-0.39, 0.29) is 0 Å². The lowest BCUT2D eigenvalue weighted by atomic mass is 9.91. The molecule has 262 valence electrons. The SMILES string of the molecule is c1ccc(-c2nc(-c3ccccc3)nc(-c3cccc(-c4ccc5c(c4)oc4cccc(-c6ccccc6-c6cccc7c6sc6ccccc67)c45)c3)n2)cc1. The Hall–Kier alpha value is -7.21. The van der Waals surface area contributed by atoms with Crippen molar-refractivity contribution in [3.8, 4) is 67.5 Å². The number of aromatic nitrogens is 3. The summed E-state index contributed by atoms with van der Waals surface area (Å²) in [7, 11) is 0. The van der Waals surface area contributed by atoms with Crippen molar-refractivity contribution in [2.75, 3.05) is 0 Å². The van der Waals surface area contributed by atoms with Crippen molar-refractivity contribution in [2.24, 2.45) is 0 Å². The molecule has 56 heavy (non-hydrogen) atoms. The molecule has 8 aromatic carbocycles. The quantitative estimate of drug-likeness (QED) is 0.171. The Morgan fingerprint density at radius 2 is 0.875 bits per heavy atom. The second kappa shape index (κ2) is 13.3. The number of hydrogen-bond donors (Lipinski definition) is 0. The highest BCUT2D eigenvalue weighted by molar-refractivity contribution is 7.26. The molecule has 11 aromatic rings. The van der Waals surface area contributed by atoms with Gasteiger partial charge in [-0.2, -0.15) is 0 Å². The molecule has 0 spiro atoms. The second-order valence-electron chi connectivity index (χ2n) is 13.9. The molecule has 0 N–H and O–H groups in total. The van der Waals surface area contributed by atoms with Gasteiger partial charge in [-0.05, 0) is 58.1 Å². The first-order chi connectivity index (χ1) is 27.7. The highest BCUT2D eigenvalue weighted by atomic mass is 32.1. The Morgan fingerprint density at radius 1 is 0.339 bits per heavy atom. The minimum absolute atomic E-state index is 0.624. The molecule has 11 rings (SSSR count). The van der Waals surface area contributed by atoms with Crippen molar-refractivity contribution in [1.29, 1.82) is 0 Å². The fourth-order valence-electron chi connectivity index (χ4n) is 7.92. The normalized spacial score (nSPS) is 11.6. The molecule has 0 saturated heterocycles. The molecule has 0 amide bonds. The van der Waals surface area contributed by atoms with E-state index in [4.69, 9.17) is 19.4 Å². The number of rotatable bonds is 6. The van der Waals surface area contributed by atoms with Crippen LogP contribution in [0.15, 0.2) is 192 Å². The van der Waals surface area contributed by atoms with Crippen LogP contribution in [-0.2, 0) is 0 Å². The van der Waals surface area contributed by atoms with E-state index in [0.29, 0.717) is 17.5 Å². The Bertz CT molecular complexity index is 3200. The van der Waals surface area contributed by atoms with Gasteiger partial charge in [0.25, 0.3) is 0 Å². The van der Waals surface area contributed by atoms with Gasteiger partial charge in [-0.15, -0.1) is 11.3 Å². The van der Waals surface area contributed by atoms with Crippen LogP contribution in [-0.4, -0.2) is 15.0 Å². The van der Waals surface area contributed by atoms with Gasteiger partial charge < -0.3 is 4.42 Å². The van der Waals surface area contributed by atoms with E-state index in [1.54, 1.807) is 0 Å². The molecule has 3 aromatic heterocycles. The van der Waals surface area contributed by atoms with E-state index in [1.807, 2.05) is 72.0 Å². The third-order valence-corrected chi connectivity index (χ3v) is 11.8. The van der Waals surface area contributed by atoms with Crippen LogP contribution in [0.3, 0.4) is 0 Å². The number of nitrogens with zero attached hydrogens (tertiary/aromatic N) is 3. The maximum atomic E-state index is 6.65. The second-order valence-corrected chi connectivity index (χ2v) is 15.0. The third kappa shape index (κ3) is 5.48. The average Bonchev–Trinajstić information content (AvgIpc) is 3.85. The Morgan fingerprint density at radius 3 is 1.64 bits per heavy atom. The van der Waals surface area contributed by atoms with Crippen LogP contribution in [0.5, 0.6) is 0 Å². The van der Waals surface area contributed by atoms with Crippen LogP contribution in [0.2, 0.25) is 0 Å². The van der Waals surface area contributed by atoms with Gasteiger partial charge in [0.05, 0.1) is 0 Å². The number of thiophene rings is 1. The predicted molar refractivity (Wildman–Crippen MR) is 233 cm³/mol. The van der Waals surface area contributed by atoms with Gasteiger partial charge in [-0.1, -0.05) is 158 Å². The molecule has 3 heterocycles. The zero-order chi connectivity index (χ0) is 37.0. The van der Waals surface area contributed by atoms with Crippen LogP contribution in [0.25, 0.3) is 110 Å². The third-order valence-electron chi connectivity index (χ3n) is 10.6. The summed E-state index contributed by atoms with van der Waals surface area (Å²) in [6, 6.07) is 65.6. The molecule has 0 saturated carbocycles. The van der Waals surface area contributed by atoms with Crippen molar-refractivity contribution in [3.05, 3.63) is 188 Å². The Kier molecular flexibility index (Phi) is 7.64. The molecule has 4 nitrogen and oxygen atoms in total. The van der Waals surface area contributed by atoms with Crippen LogP contribution in [0.1, 0.15) is 0 Å². The summed E-state index contributed by atoms with van der Waals surface area (Å²) in [4.78, 5) is 14.8. The lowest BCUT2D eigenvalue weighted by Gasteiger charge is -2.12. The van der Waals surface area contributed by atoms with Crippen molar-refractivity contribution < 1.29 is 4.42 Å². The Balaban J connectivity index is 1.01. The number of hydrogen-bond acceptors (Lipinski definition) is 5. The largest absolute Gasteiger partial charge is 0.456 e. The van der Waals surface area contributed by atoms with Crippen molar-refractivity contribution in [3.63, 3.8) is 0 Å². The number of furan rings is 1. The minimum Gasteiger partial charge on any atom is -0.456 e. The van der Waals surface area contributed by atoms with E-state index in [1.165, 1.54) is 36.9 Å². The summed E-state index contributed by atoms with van der Waals surface area (Å²) in [6.45, 7) is 0. The van der Waals surface area contributed by atoms with Gasteiger partial charge >= 0.3 is 0 Å². The summed E-state index contributed by atoms with van der Waals surface area (Å²) in [5, 5.41) is 4.80. The van der Waals surface area contributed by atoms with E-state index in [0.717, 1.165) is 55.3 Å². The first-order valence-corrected chi connectivity index (χ1v) is 19.5. The minimum atomic E-state index is 0.624. The molecular weight excluding hydrogens is 703 g/mol. The summed E-state index contributed by atoms with van der Waals surface area (Å²) in [5.41, 5.74) is 11.4. The Labute approximate surface area is 327 Å². The maximum absolute atomic E-state index is 6.65. The van der Waals surface area contributed by atoms with E-state index < -0.39 is 0 Å². The highest BCUT2D eigenvalue weighted by Crippen LogP contribution is 2.45. The molecular formula is C51H31N3OS. The average molecular weight is 734 g/mol. The zero-order valence-corrected chi connectivity index (χ0v) is 30.9. The lowest BCUT2D eigenvalue weighted by molar-refractivity contribution is 0.669. The summed E-state index contributed by atoms with van der Waals surface area (Å²) in [5.74, 6) is 1.90. The summed E-state index contributed by atoms with van der Waals surface area (Å²) < 4.78 is 9.26. The predicted octanol–water partition coefficient (Wildman–Crippen LogP) is 14.1. The number of fused-ring (bicyclic) bond motifs is 6. The lowest BCUT2D eigenvalue weighted by Crippen LogP contribution is -2.00. The fourth-order valence-corrected chi connectivity index (χ4v) is 9.15. The zero-order valence-electron chi connectivity index (χ0n) is 30.1. The molecule has 0 radical (unpaired) electrons. The first-order valence-electron chi connectivity index (χ1n) is 18.7. The first kappa shape index (κ1) is 32.2. The van der Waals surface area contributed by atoms with Gasteiger partial charge in [0.2, 0.25) is 0 Å². The standard InChI is InChI=1S/C51H31N3OS/c1-3-14-32(15-4-1)49-52-50(33-16-5-2-6-17-33)54-51(53-49)36-19-11-18-34(30-36)35-28-29-43-45(31-35)55-44-26-13-23-40(47(43)44)37-20-7-8-21-38(37)41-24-12-25-42-39-22-9-10-27-46(39)56-48(41)42/h1-31H. The smallest absolute Gasteiger partial charge is 0.164 e. The molecule has 0 unspecified atom stereocenters. The van der Waals surface area contributed by atoms with E-state index in [2.05, 4.69) is 127 Å². The monoisotopic (exact) mass is 733 g/mol. The molecule has 0 aliphatic heterocycles. The van der Waals surface area contributed by atoms with Crippen molar-refractivity contribution in [1.82, 2.24) is 15.0 Å². The molecule has 0 bridgehead atoms. The van der Waals surface area contributed by atoms with Gasteiger partial charge in [-0.25, -0.2) is 15.0 Å². The van der Waals surface area contributed by atoms with Gasteiger partial charge in [0.1, 0.15) is 11.2 Å². The maximum Gasteiger partial charge on any atom is 0.164 e. The molecule has 0 aliphatic rings. The van der Waals surface area contributed by atoms with Gasteiger partial charge in [-0.3, -0.25) is 0 Å². The van der Waals surface area contributed by atoms with Crippen LogP contribution < -0.4 is 0 Å². The molecule has 5 heteroatoms. The molecule has 0 atom stereocenters. The van der Waals surface area contributed by atoms with Gasteiger partial charge in [0, 0.05) is 53.2 Å². The van der Waals surface area contributed by atoms with Crippen LogP contribution in [0, 0.1) is 0 Å². The fraction of sp³-hybridized carbons (Fsp3) is 0. The summed E-state index contributed by atoms with van der Waals surface area (Å²) >= 11 is 1.86. The molecule has 0 fully saturated rings. The van der Waals surface area contributed by atoms with Gasteiger partial charge in [0.15, 0.2) is 17.5 Å². The summed E-state index contributed by atoms with van der Waals surface area (Å²) in [6.07, 6.45) is 0. The number of benzene rings is 8. The molecule has 0 aliphatic carbocycles. The topological polar surface area (TPSA) is 51.8 Å². The van der Waals surface area contributed by atoms with Crippen LogP contribution in [0.4, 0.5) is 0 Å². The van der Waals surface area contributed by atoms with Crippen molar-refractivity contribution in [2.45, 2.75) is 0 Å².